The molecule has 2 fully saturated rings. The van der Waals surface area contributed by atoms with E-state index in [4.69, 9.17) is 0 Å². The molecular formula is C16H20N2O3. The molecule has 1 aromatic rings. The first-order valence-corrected chi connectivity index (χ1v) is 7.32. The third kappa shape index (κ3) is 2.78. The van der Waals surface area contributed by atoms with Gasteiger partial charge in [0.15, 0.2) is 0 Å². The van der Waals surface area contributed by atoms with E-state index in [2.05, 4.69) is 5.32 Å². The van der Waals surface area contributed by atoms with E-state index in [9.17, 15) is 14.7 Å². The van der Waals surface area contributed by atoms with Crippen LogP contribution in [0.25, 0.3) is 0 Å². The number of rotatable bonds is 4. The SMILES string of the molecule is Cc1cccc(NC(=O)CN2CCC3CC3(C(=O)O)C2)c1. The number of fused-ring (bicyclic) bond motifs is 1. The van der Waals surface area contributed by atoms with Gasteiger partial charge in [0.2, 0.25) is 5.91 Å². The van der Waals surface area contributed by atoms with Crippen LogP contribution >= 0.6 is 0 Å². The van der Waals surface area contributed by atoms with Crippen molar-refractivity contribution in [3.05, 3.63) is 29.8 Å². The molecule has 1 aliphatic heterocycles. The predicted molar refractivity (Wildman–Crippen MR) is 79.0 cm³/mol. The van der Waals surface area contributed by atoms with Crippen molar-refractivity contribution in [1.29, 1.82) is 0 Å². The molecule has 5 nitrogen and oxygen atoms in total. The summed E-state index contributed by atoms with van der Waals surface area (Å²) in [6.07, 6.45) is 1.64. The predicted octanol–water partition coefficient (Wildman–Crippen LogP) is 1.73. The van der Waals surface area contributed by atoms with Gasteiger partial charge in [0.25, 0.3) is 0 Å². The number of hydrogen-bond donors (Lipinski definition) is 2. The zero-order valence-corrected chi connectivity index (χ0v) is 12.1. The fraction of sp³-hybridized carbons (Fsp3) is 0.500. The summed E-state index contributed by atoms with van der Waals surface area (Å²) in [5, 5.41) is 12.2. The maximum absolute atomic E-state index is 12.1. The number of piperidine rings is 1. The Morgan fingerprint density at radius 3 is 3.00 bits per heavy atom. The van der Waals surface area contributed by atoms with Crippen LogP contribution in [-0.2, 0) is 9.59 Å². The van der Waals surface area contributed by atoms with Crippen LogP contribution in [0.2, 0.25) is 0 Å². The number of carboxylic acid groups (broad SMARTS) is 1. The van der Waals surface area contributed by atoms with Crippen molar-refractivity contribution in [2.45, 2.75) is 19.8 Å². The van der Waals surface area contributed by atoms with E-state index in [-0.39, 0.29) is 12.5 Å². The van der Waals surface area contributed by atoms with Gasteiger partial charge in [-0.25, -0.2) is 0 Å². The minimum atomic E-state index is -0.712. The van der Waals surface area contributed by atoms with Crippen LogP contribution in [0.5, 0.6) is 0 Å². The number of nitrogens with zero attached hydrogens (tertiary/aromatic N) is 1. The van der Waals surface area contributed by atoms with E-state index < -0.39 is 11.4 Å². The molecule has 2 aliphatic rings. The van der Waals surface area contributed by atoms with Gasteiger partial charge in [0, 0.05) is 12.2 Å². The second kappa shape index (κ2) is 5.15. The minimum absolute atomic E-state index is 0.0831. The Morgan fingerprint density at radius 2 is 2.29 bits per heavy atom. The highest BCUT2D eigenvalue weighted by Gasteiger charge is 2.62. The standard InChI is InChI=1S/C16H20N2O3/c1-11-3-2-4-13(7-11)17-14(19)9-18-6-5-12-8-16(12,10-18)15(20)21/h2-4,7,12H,5-6,8-10H2,1H3,(H,17,19)(H,20,21). The molecule has 1 heterocycles. The number of hydrogen-bond acceptors (Lipinski definition) is 3. The van der Waals surface area contributed by atoms with Gasteiger partial charge in [0.1, 0.15) is 0 Å². The molecular weight excluding hydrogens is 268 g/mol. The van der Waals surface area contributed by atoms with Crippen molar-refractivity contribution in [2.75, 3.05) is 25.0 Å². The molecule has 0 bridgehead atoms. The molecule has 1 aliphatic carbocycles. The lowest BCUT2D eigenvalue weighted by molar-refractivity contribution is -0.146. The van der Waals surface area contributed by atoms with E-state index in [0.29, 0.717) is 12.5 Å². The Labute approximate surface area is 123 Å². The molecule has 112 valence electrons. The zero-order chi connectivity index (χ0) is 15.0. The van der Waals surface area contributed by atoms with Crippen LogP contribution in [0.1, 0.15) is 18.4 Å². The summed E-state index contributed by atoms with van der Waals surface area (Å²) in [5.74, 6) is -0.484. The third-order valence-corrected chi connectivity index (χ3v) is 4.63. The Balaban J connectivity index is 1.57. The third-order valence-electron chi connectivity index (χ3n) is 4.63. The average Bonchev–Trinajstić information content (AvgIpc) is 3.13. The van der Waals surface area contributed by atoms with Gasteiger partial charge in [0.05, 0.1) is 12.0 Å². The lowest BCUT2D eigenvalue weighted by atomic mass is 9.97. The molecule has 1 saturated heterocycles. The van der Waals surface area contributed by atoms with Crippen molar-refractivity contribution < 1.29 is 14.7 Å². The number of aryl methyl sites for hydroxylation is 1. The molecule has 3 rings (SSSR count). The minimum Gasteiger partial charge on any atom is -0.481 e. The normalized spacial score (nSPS) is 27.8. The first-order valence-electron chi connectivity index (χ1n) is 7.32. The largest absolute Gasteiger partial charge is 0.481 e. The Hall–Kier alpha value is -1.88. The molecule has 1 saturated carbocycles. The number of amides is 1. The fourth-order valence-corrected chi connectivity index (χ4v) is 3.36. The summed E-state index contributed by atoms with van der Waals surface area (Å²) in [6.45, 7) is 3.54. The number of benzene rings is 1. The number of aliphatic carboxylic acids is 1. The topological polar surface area (TPSA) is 69.6 Å². The number of nitrogens with one attached hydrogen (secondary N) is 1. The number of carbonyl (C=O) groups is 2. The van der Waals surface area contributed by atoms with E-state index in [1.807, 2.05) is 36.1 Å². The van der Waals surface area contributed by atoms with Crippen LogP contribution in [0.3, 0.4) is 0 Å². The Bertz CT molecular complexity index is 587. The van der Waals surface area contributed by atoms with Gasteiger partial charge in [-0.1, -0.05) is 12.1 Å². The number of likely N-dealkylation sites (tertiary alicyclic amines) is 1. The summed E-state index contributed by atoms with van der Waals surface area (Å²) in [5.41, 5.74) is 1.30. The lowest BCUT2D eigenvalue weighted by Crippen LogP contribution is -2.44. The molecule has 0 radical (unpaired) electrons. The van der Waals surface area contributed by atoms with Crippen LogP contribution < -0.4 is 5.32 Å². The first-order chi connectivity index (χ1) is 9.99. The van der Waals surface area contributed by atoms with Crippen LogP contribution in [-0.4, -0.2) is 41.5 Å². The molecule has 21 heavy (non-hydrogen) atoms. The van der Waals surface area contributed by atoms with Crippen molar-refractivity contribution in [3.63, 3.8) is 0 Å². The molecule has 2 N–H and O–H groups in total. The average molecular weight is 288 g/mol. The highest BCUT2D eigenvalue weighted by Crippen LogP contribution is 2.57. The van der Waals surface area contributed by atoms with Crippen molar-refractivity contribution in [2.24, 2.45) is 11.3 Å². The quantitative estimate of drug-likeness (QED) is 0.885. The lowest BCUT2D eigenvalue weighted by Gasteiger charge is -2.29. The van der Waals surface area contributed by atoms with Crippen LogP contribution in [0.4, 0.5) is 5.69 Å². The van der Waals surface area contributed by atoms with Crippen molar-refractivity contribution >= 4 is 17.6 Å². The van der Waals surface area contributed by atoms with Crippen molar-refractivity contribution in [1.82, 2.24) is 4.90 Å². The maximum Gasteiger partial charge on any atom is 0.311 e. The number of anilines is 1. The monoisotopic (exact) mass is 288 g/mol. The fourth-order valence-electron chi connectivity index (χ4n) is 3.36. The molecule has 0 spiro atoms. The van der Waals surface area contributed by atoms with Crippen LogP contribution in [0, 0.1) is 18.3 Å². The second-order valence-electron chi connectivity index (χ2n) is 6.28. The second-order valence-corrected chi connectivity index (χ2v) is 6.28. The molecule has 2 atom stereocenters. The molecule has 1 amide bonds. The van der Waals surface area contributed by atoms with E-state index in [1.165, 1.54) is 0 Å². The van der Waals surface area contributed by atoms with Gasteiger partial charge >= 0.3 is 5.97 Å². The summed E-state index contributed by atoms with van der Waals surface area (Å²) in [4.78, 5) is 25.4. The maximum atomic E-state index is 12.1. The van der Waals surface area contributed by atoms with Gasteiger partial charge in [-0.05, 0) is 49.9 Å². The molecule has 1 aromatic carbocycles. The van der Waals surface area contributed by atoms with Crippen LogP contribution in [0.15, 0.2) is 24.3 Å². The van der Waals surface area contributed by atoms with Gasteiger partial charge in [-0.15, -0.1) is 0 Å². The van der Waals surface area contributed by atoms with E-state index in [0.717, 1.165) is 30.6 Å². The Kier molecular flexibility index (Phi) is 3.45. The molecule has 0 aromatic heterocycles. The highest BCUT2D eigenvalue weighted by molar-refractivity contribution is 5.92. The molecule has 5 heteroatoms. The Morgan fingerprint density at radius 1 is 1.48 bits per heavy atom. The van der Waals surface area contributed by atoms with Gasteiger partial charge < -0.3 is 10.4 Å². The summed E-state index contributed by atoms with van der Waals surface area (Å²) in [6, 6.07) is 7.66. The van der Waals surface area contributed by atoms with E-state index >= 15 is 0 Å². The zero-order valence-electron chi connectivity index (χ0n) is 12.1. The summed E-state index contributed by atoms with van der Waals surface area (Å²) in [7, 11) is 0. The summed E-state index contributed by atoms with van der Waals surface area (Å²) < 4.78 is 0. The van der Waals surface area contributed by atoms with E-state index in [1.54, 1.807) is 0 Å². The smallest absolute Gasteiger partial charge is 0.311 e. The number of carbonyl (C=O) groups excluding carboxylic acids is 1. The first kappa shape index (κ1) is 14.1. The summed E-state index contributed by atoms with van der Waals surface area (Å²) >= 11 is 0. The molecule has 2 unspecified atom stereocenters. The van der Waals surface area contributed by atoms with Gasteiger partial charge in [-0.3, -0.25) is 14.5 Å². The highest BCUT2D eigenvalue weighted by atomic mass is 16.4. The van der Waals surface area contributed by atoms with Crippen molar-refractivity contribution in [3.8, 4) is 0 Å². The number of carboxylic acids is 1. The van der Waals surface area contributed by atoms with Gasteiger partial charge in [-0.2, -0.15) is 0 Å².